The molecule has 3 aliphatic heterocycles. The highest BCUT2D eigenvalue weighted by atomic mass is 19.1. The predicted octanol–water partition coefficient (Wildman–Crippen LogP) is 1.50. The third kappa shape index (κ3) is 6.10. The normalized spacial score (nSPS) is 26.7. The summed E-state index contributed by atoms with van der Waals surface area (Å²) in [7, 11) is 4.15. The number of anilines is 1. The summed E-state index contributed by atoms with van der Waals surface area (Å²) in [5.41, 5.74) is 0.967. The maximum absolute atomic E-state index is 13.2. The van der Waals surface area contributed by atoms with Crippen molar-refractivity contribution in [1.82, 2.24) is 14.7 Å². The lowest BCUT2D eigenvalue weighted by Crippen LogP contribution is -2.53. The van der Waals surface area contributed by atoms with E-state index in [0.717, 1.165) is 31.9 Å². The van der Waals surface area contributed by atoms with Gasteiger partial charge in [0.1, 0.15) is 18.0 Å². The number of halogens is 1. The van der Waals surface area contributed by atoms with Crippen molar-refractivity contribution < 1.29 is 23.4 Å². The summed E-state index contributed by atoms with van der Waals surface area (Å²) in [5, 5.41) is 0. The minimum absolute atomic E-state index is 0.0257. The van der Waals surface area contributed by atoms with Crippen LogP contribution in [0.3, 0.4) is 0 Å². The molecule has 8 nitrogen and oxygen atoms in total. The van der Waals surface area contributed by atoms with Gasteiger partial charge in [-0.05, 0) is 38.4 Å². The molecule has 3 fully saturated rings. The summed E-state index contributed by atoms with van der Waals surface area (Å²) in [6.45, 7) is 7.19. The summed E-state index contributed by atoms with van der Waals surface area (Å²) >= 11 is 0. The molecule has 32 heavy (non-hydrogen) atoms. The second kappa shape index (κ2) is 10.8. The Bertz CT molecular complexity index is 744. The summed E-state index contributed by atoms with van der Waals surface area (Å²) in [6, 6.07) is 6.48. The molecule has 0 spiro atoms. The molecule has 0 aliphatic carbocycles. The quantitative estimate of drug-likeness (QED) is 0.674. The summed E-state index contributed by atoms with van der Waals surface area (Å²) in [6.07, 6.45) is -0.150. The van der Waals surface area contributed by atoms with Crippen molar-refractivity contribution in [2.45, 2.75) is 24.7 Å². The summed E-state index contributed by atoms with van der Waals surface area (Å²) in [4.78, 5) is 21.4. The first kappa shape index (κ1) is 23.2. The molecule has 3 heterocycles. The third-order valence-corrected chi connectivity index (χ3v) is 6.53. The molecule has 0 N–H and O–H groups in total. The van der Waals surface area contributed by atoms with Crippen molar-refractivity contribution >= 4 is 11.8 Å². The van der Waals surface area contributed by atoms with E-state index in [4.69, 9.17) is 14.2 Å². The van der Waals surface area contributed by atoms with Crippen molar-refractivity contribution in [3.63, 3.8) is 0 Å². The fraction of sp³-hybridized carbons (Fsp3) is 0.696. The minimum Gasteiger partial charge on any atom is -0.443 e. The molecule has 0 radical (unpaired) electrons. The van der Waals surface area contributed by atoms with Crippen LogP contribution in [0.1, 0.15) is 6.42 Å². The Labute approximate surface area is 189 Å². The number of carbonyl (C=O) groups is 1. The van der Waals surface area contributed by atoms with Gasteiger partial charge in [-0.25, -0.2) is 9.18 Å². The highest BCUT2D eigenvalue weighted by molar-refractivity contribution is 5.68. The highest BCUT2D eigenvalue weighted by Gasteiger charge is 2.35. The molecule has 1 amide bonds. The predicted molar refractivity (Wildman–Crippen MR) is 120 cm³/mol. The topological polar surface area (TPSA) is 57.7 Å². The molecule has 0 bridgehead atoms. The molecule has 1 unspecified atom stereocenters. The van der Waals surface area contributed by atoms with Gasteiger partial charge in [0.05, 0.1) is 19.3 Å². The van der Waals surface area contributed by atoms with Gasteiger partial charge in [0, 0.05) is 64.5 Å². The monoisotopic (exact) mass is 450 g/mol. The van der Waals surface area contributed by atoms with E-state index in [9.17, 15) is 9.18 Å². The fourth-order valence-corrected chi connectivity index (χ4v) is 4.58. The van der Waals surface area contributed by atoms with Crippen LogP contribution >= 0.6 is 0 Å². The molecule has 1 aromatic carbocycles. The first-order chi connectivity index (χ1) is 15.5. The van der Waals surface area contributed by atoms with Crippen LogP contribution in [-0.4, -0.2) is 119 Å². The Balaban J connectivity index is 1.34. The van der Waals surface area contributed by atoms with Gasteiger partial charge < -0.3 is 33.8 Å². The Morgan fingerprint density at radius 1 is 1.00 bits per heavy atom. The van der Waals surface area contributed by atoms with Crippen LogP contribution in [-0.2, 0) is 14.2 Å². The lowest BCUT2D eigenvalue weighted by Gasteiger charge is -2.40. The minimum atomic E-state index is -0.350. The summed E-state index contributed by atoms with van der Waals surface area (Å²) in [5.74, 6) is -0.245. The number of hydrogen-bond acceptors (Lipinski definition) is 7. The van der Waals surface area contributed by atoms with Crippen LogP contribution in [0.5, 0.6) is 0 Å². The lowest BCUT2D eigenvalue weighted by molar-refractivity contribution is -0.114. The third-order valence-electron chi connectivity index (χ3n) is 6.53. The molecule has 0 aromatic heterocycles. The molecular formula is C23H35FN4O4. The first-order valence-electron chi connectivity index (χ1n) is 11.5. The van der Waals surface area contributed by atoms with Crippen molar-refractivity contribution in [1.29, 1.82) is 0 Å². The molecule has 3 aliphatic rings. The number of carbonyl (C=O) groups excluding carboxylic acids is 1. The van der Waals surface area contributed by atoms with E-state index in [1.54, 1.807) is 17.0 Å². The van der Waals surface area contributed by atoms with E-state index >= 15 is 0 Å². The maximum atomic E-state index is 13.2. The van der Waals surface area contributed by atoms with Crippen LogP contribution in [0.25, 0.3) is 0 Å². The van der Waals surface area contributed by atoms with E-state index in [1.165, 1.54) is 12.1 Å². The number of rotatable bonds is 5. The van der Waals surface area contributed by atoms with Gasteiger partial charge >= 0.3 is 6.09 Å². The molecule has 1 aromatic rings. The number of ether oxygens (including phenoxy) is 3. The molecular weight excluding hydrogens is 415 g/mol. The van der Waals surface area contributed by atoms with Gasteiger partial charge in [0.15, 0.2) is 0 Å². The smallest absolute Gasteiger partial charge is 0.410 e. The van der Waals surface area contributed by atoms with E-state index in [0.29, 0.717) is 45.8 Å². The molecule has 9 heteroatoms. The second-order valence-electron chi connectivity index (χ2n) is 9.03. The van der Waals surface area contributed by atoms with Crippen molar-refractivity contribution in [2.75, 3.05) is 84.6 Å². The molecule has 178 valence electrons. The van der Waals surface area contributed by atoms with Gasteiger partial charge in [0.25, 0.3) is 0 Å². The molecule has 4 rings (SSSR count). The average molecular weight is 451 g/mol. The van der Waals surface area contributed by atoms with Gasteiger partial charge in [0.2, 0.25) is 0 Å². The number of hydrogen-bond donors (Lipinski definition) is 0. The number of benzene rings is 1. The SMILES string of the molecule is CN1CCO[C@@H](CC(OC(=O)N2CCN(c3ccc(F)cc3)CC2)[C@@H]2CN(C)CCO2)C1. The van der Waals surface area contributed by atoms with Crippen molar-refractivity contribution in [2.24, 2.45) is 0 Å². The van der Waals surface area contributed by atoms with Crippen molar-refractivity contribution in [3.05, 3.63) is 30.1 Å². The van der Waals surface area contributed by atoms with Crippen LogP contribution in [0.4, 0.5) is 14.9 Å². The molecule has 3 saturated heterocycles. The summed E-state index contributed by atoms with van der Waals surface area (Å²) < 4.78 is 31.2. The number of likely N-dealkylation sites (N-methyl/N-ethyl adjacent to an activating group) is 2. The van der Waals surface area contributed by atoms with Gasteiger partial charge in [-0.15, -0.1) is 0 Å². The average Bonchev–Trinajstić information content (AvgIpc) is 2.79. The maximum Gasteiger partial charge on any atom is 0.410 e. The van der Waals surface area contributed by atoms with E-state index in [2.05, 4.69) is 28.8 Å². The van der Waals surface area contributed by atoms with Crippen LogP contribution in [0, 0.1) is 5.82 Å². The van der Waals surface area contributed by atoms with Crippen LogP contribution in [0.15, 0.2) is 24.3 Å². The fourth-order valence-electron chi connectivity index (χ4n) is 4.58. The van der Waals surface area contributed by atoms with Gasteiger partial charge in [-0.2, -0.15) is 0 Å². The van der Waals surface area contributed by atoms with Crippen molar-refractivity contribution in [3.8, 4) is 0 Å². The van der Waals surface area contributed by atoms with E-state index in [1.807, 2.05) is 0 Å². The van der Waals surface area contributed by atoms with Crippen LogP contribution < -0.4 is 4.90 Å². The van der Waals surface area contributed by atoms with Crippen LogP contribution in [0.2, 0.25) is 0 Å². The standard InChI is InChI=1S/C23H35FN4O4/c1-25-11-13-30-20(16-25)15-21(22-17-26(2)12-14-31-22)32-23(29)28-9-7-27(8-10-28)19-5-3-18(24)4-6-19/h3-6,20-22H,7-17H2,1-2H3/t20-,21?,22-/m0/s1. The Hall–Kier alpha value is -1.94. The first-order valence-corrected chi connectivity index (χ1v) is 11.5. The zero-order chi connectivity index (χ0) is 22.5. The number of nitrogens with zero attached hydrogens (tertiary/aromatic N) is 4. The van der Waals surface area contributed by atoms with E-state index in [-0.39, 0.29) is 30.2 Å². The number of piperazine rings is 1. The Morgan fingerprint density at radius 2 is 1.66 bits per heavy atom. The lowest BCUT2D eigenvalue weighted by atomic mass is 10.0. The molecule has 3 atom stereocenters. The van der Waals surface area contributed by atoms with Gasteiger partial charge in [-0.1, -0.05) is 0 Å². The molecule has 0 saturated carbocycles. The highest BCUT2D eigenvalue weighted by Crippen LogP contribution is 2.21. The second-order valence-corrected chi connectivity index (χ2v) is 9.03. The Morgan fingerprint density at radius 3 is 2.31 bits per heavy atom. The zero-order valence-corrected chi connectivity index (χ0v) is 19.1. The zero-order valence-electron chi connectivity index (χ0n) is 19.1. The number of amides is 1. The Kier molecular flexibility index (Phi) is 7.83. The number of morpholine rings is 2. The largest absolute Gasteiger partial charge is 0.443 e. The van der Waals surface area contributed by atoms with E-state index < -0.39 is 0 Å². The van der Waals surface area contributed by atoms with Gasteiger partial charge in [-0.3, -0.25) is 0 Å².